The summed E-state index contributed by atoms with van der Waals surface area (Å²) in [6, 6.07) is 0. The number of fused-ring (bicyclic) bond motifs is 3. The second-order valence-corrected chi connectivity index (χ2v) is 8.22. The molecule has 3 rings (SSSR count). The van der Waals surface area contributed by atoms with Gasteiger partial charge in [-0.2, -0.15) is 0 Å². The first-order valence-electron chi connectivity index (χ1n) is 9.38. The molecule has 0 amide bonds. The first kappa shape index (κ1) is 16.8. The summed E-state index contributed by atoms with van der Waals surface area (Å²) in [5.41, 5.74) is 2.60. The average molecular weight is 316 g/mol. The molecule has 2 heteroatoms. The van der Waals surface area contributed by atoms with Gasteiger partial charge in [0.1, 0.15) is 0 Å². The van der Waals surface area contributed by atoms with Crippen LogP contribution in [0.15, 0.2) is 35.1 Å². The van der Waals surface area contributed by atoms with Gasteiger partial charge in [-0.3, -0.25) is 0 Å². The lowest BCUT2D eigenvalue weighted by Crippen LogP contribution is -2.54. The van der Waals surface area contributed by atoms with Crippen molar-refractivity contribution in [2.45, 2.75) is 77.9 Å². The maximum Gasteiger partial charge on any atom is 0.0991 e. The highest BCUT2D eigenvalue weighted by Gasteiger charge is 2.51. The third-order valence-corrected chi connectivity index (χ3v) is 6.01. The van der Waals surface area contributed by atoms with Crippen LogP contribution < -0.4 is 0 Å². The highest BCUT2D eigenvalue weighted by atomic mass is 16.5. The molecule has 2 unspecified atom stereocenters. The van der Waals surface area contributed by atoms with Crippen LogP contribution in [0, 0.1) is 17.8 Å². The predicted octanol–water partition coefficient (Wildman–Crippen LogP) is 5.71. The Kier molecular flexibility index (Phi) is 4.73. The predicted molar refractivity (Wildman–Crippen MR) is 95.3 cm³/mol. The van der Waals surface area contributed by atoms with Gasteiger partial charge in [0.15, 0.2) is 0 Å². The van der Waals surface area contributed by atoms with Crippen LogP contribution in [0.5, 0.6) is 0 Å². The van der Waals surface area contributed by atoms with Crippen LogP contribution in [0.1, 0.15) is 66.2 Å². The Hall–Kier alpha value is -1.02. The minimum absolute atomic E-state index is 0.0232. The quantitative estimate of drug-likeness (QED) is 0.531. The van der Waals surface area contributed by atoms with E-state index < -0.39 is 0 Å². The van der Waals surface area contributed by atoms with E-state index in [1.807, 2.05) is 6.08 Å². The Bertz CT molecular complexity index is 538. The van der Waals surface area contributed by atoms with Crippen molar-refractivity contribution >= 4 is 0 Å². The van der Waals surface area contributed by atoms with Crippen LogP contribution in [0.2, 0.25) is 0 Å². The lowest BCUT2D eigenvalue weighted by Gasteiger charge is -2.52. The van der Waals surface area contributed by atoms with Crippen LogP contribution in [0.3, 0.4) is 0 Å². The average Bonchev–Trinajstić information content (AvgIpc) is 2.46. The Labute approximate surface area is 141 Å². The summed E-state index contributed by atoms with van der Waals surface area (Å²) in [6.07, 6.45) is 13.8. The van der Waals surface area contributed by atoms with Gasteiger partial charge in [0.2, 0.25) is 0 Å². The molecule has 23 heavy (non-hydrogen) atoms. The normalized spacial score (nSPS) is 35.6. The summed E-state index contributed by atoms with van der Waals surface area (Å²) in [4.78, 5) is 0. The maximum absolute atomic E-state index is 10.7. The Morgan fingerprint density at radius 1 is 1.26 bits per heavy atom. The van der Waals surface area contributed by atoms with Gasteiger partial charge in [-0.05, 0) is 69.9 Å². The van der Waals surface area contributed by atoms with E-state index in [0.29, 0.717) is 17.6 Å². The third kappa shape index (κ3) is 3.28. The molecule has 2 nitrogen and oxygen atoms in total. The Morgan fingerprint density at radius 2 is 2.04 bits per heavy atom. The molecular formula is C21H32O2. The Balaban J connectivity index is 1.86. The van der Waals surface area contributed by atoms with E-state index in [9.17, 15) is 5.11 Å². The molecule has 0 aromatic heterocycles. The summed E-state index contributed by atoms with van der Waals surface area (Å²) in [5, 5.41) is 10.7. The van der Waals surface area contributed by atoms with Crippen LogP contribution in [-0.2, 0) is 4.74 Å². The van der Waals surface area contributed by atoms with Crippen molar-refractivity contribution < 1.29 is 9.84 Å². The number of hydrogen-bond acceptors (Lipinski definition) is 2. The fraction of sp³-hybridized carbons (Fsp3) is 0.714. The molecule has 0 aromatic rings. The van der Waals surface area contributed by atoms with Gasteiger partial charge in [0, 0.05) is 0 Å². The van der Waals surface area contributed by atoms with Gasteiger partial charge in [-0.1, -0.05) is 37.5 Å². The number of ether oxygens (including phenoxy) is 1. The third-order valence-electron chi connectivity index (χ3n) is 6.01. The first-order valence-corrected chi connectivity index (χ1v) is 9.38. The van der Waals surface area contributed by atoms with Crippen molar-refractivity contribution in [1.29, 1.82) is 0 Å². The van der Waals surface area contributed by atoms with Gasteiger partial charge in [0.05, 0.1) is 23.4 Å². The molecule has 0 bridgehead atoms. The maximum atomic E-state index is 10.7. The van der Waals surface area contributed by atoms with Crippen molar-refractivity contribution in [3.63, 3.8) is 0 Å². The lowest BCUT2D eigenvalue weighted by atomic mass is 9.63. The molecule has 0 radical (unpaired) electrons. The minimum atomic E-state index is -0.119. The number of hydrogen-bond donors (Lipinski definition) is 1. The zero-order valence-corrected chi connectivity index (χ0v) is 15.1. The molecule has 1 heterocycles. The zero-order valence-electron chi connectivity index (χ0n) is 15.1. The Morgan fingerprint density at radius 3 is 2.78 bits per heavy atom. The molecule has 0 spiro atoms. The number of rotatable bonds is 4. The standard InChI is InChI=1S/C21H32O2/c1-5-6-7-8-15-12-18(22)20-16-11-14(2)9-10-17(16)21(3,4)23-19(20)13-15/h11-13,16-17,19-20,22H,5-10H2,1-4H3/t16-,17-,19?,20?/m1/s1. The van der Waals surface area contributed by atoms with E-state index in [1.165, 1.54) is 36.8 Å². The van der Waals surface area contributed by atoms with Crippen molar-refractivity contribution in [3.8, 4) is 0 Å². The van der Waals surface area contributed by atoms with Crippen LogP contribution in [-0.4, -0.2) is 16.8 Å². The van der Waals surface area contributed by atoms with Gasteiger partial charge in [-0.15, -0.1) is 0 Å². The highest BCUT2D eigenvalue weighted by molar-refractivity contribution is 5.33. The van der Waals surface area contributed by atoms with Crippen LogP contribution in [0.4, 0.5) is 0 Å². The van der Waals surface area contributed by atoms with Gasteiger partial charge < -0.3 is 9.84 Å². The summed E-state index contributed by atoms with van der Waals surface area (Å²) in [7, 11) is 0. The van der Waals surface area contributed by atoms with Gasteiger partial charge in [-0.25, -0.2) is 0 Å². The number of aliphatic hydroxyl groups excluding tert-OH is 1. The number of unbranched alkanes of at least 4 members (excludes halogenated alkanes) is 2. The molecule has 0 saturated carbocycles. The number of allylic oxidation sites excluding steroid dienone is 4. The molecule has 3 aliphatic rings. The fourth-order valence-electron chi connectivity index (χ4n) is 4.78. The van der Waals surface area contributed by atoms with E-state index in [-0.39, 0.29) is 17.6 Å². The monoisotopic (exact) mass is 316 g/mol. The molecule has 128 valence electrons. The summed E-state index contributed by atoms with van der Waals surface area (Å²) < 4.78 is 6.48. The van der Waals surface area contributed by atoms with E-state index in [2.05, 4.69) is 39.8 Å². The minimum Gasteiger partial charge on any atom is -0.512 e. The SMILES string of the molecule is CCCCCC1=CC2OC(C)(C)[C@@H]3CCC(C)=C[C@H]3C2C(O)=C1. The molecule has 1 saturated heterocycles. The van der Waals surface area contributed by atoms with Crippen molar-refractivity contribution in [2.75, 3.05) is 0 Å². The second kappa shape index (κ2) is 6.47. The second-order valence-electron chi connectivity index (χ2n) is 8.22. The van der Waals surface area contributed by atoms with E-state index in [0.717, 1.165) is 12.8 Å². The topological polar surface area (TPSA) is 29.5 Å². The molecule has 1 aliphatic heterocycles. The van der Waals surface area contributed by atoms with E-state index in [1.54, 1.807) is 0 Å². The van der Waals surface area contributed by atoms with Crippen LogP contribution in [0.25, 0.3) is 0 Å². The molecule has 1 fully saturated rings. The fourth-order valence-corrected chi connectivity index (χ4v) is 4.78. The molecule has 1 N–H and O–H groups in total. The van der Waals surface area contributed by atoms with Crippen LogP contribution >= 0.6 is 0 Å². The summed E-state index contributed by atoms with van der Waals surface area (Å²) in [5.74, 6) is 1.55. The number of aliphatic hydroxyl groups is 1. The molecule has 0 aromatic carbocycles. The highest BCUT2D eigenvalue weighted by Crippen LogP contribution is 2.51. The van der Waals surface area contributed by atoms with E-state index in [4.69, 9.17) is 4.74 Å². The van der Waals surface area contributed by atoms with Crippen molar-refractivity contribution in [3.05, 3.63) is 35.1 Å². The largest absolute Gasteiger partial charge is 0.512 e. The van der Waals surface area contributed by atoms with Gasteiger partial charge >= 0.3 is 0 Å². The summed E-state index contributed by atoms with van der Waals surface area (Å²) in [6.45, 7) is 8.91. The molecule has 4 atom stereocenters. The first-order chi connectivity index (χ1) is 10.9. The zero-order chi connectivity index (χ0) is 16.6. The smallest absolute Gasteiger partial charge is 0.0991 e. The van der Waals surface area contributed by atoms with E-state index >= 15 is 0 Å². The van der Waals surface area contributed by atoms with Gasteiger partial charge in [0.25, 0.3) is 0 Å². The molecular weight excluding hydrogens is 284 g/mol. The van der Waals surface area contributed by atoms with Crippen molar-refractivity contribution in [2.24, 2.45) is 17.8 Å². The molecule has 2 aliphatic carbocycles. The lowest BCUT2D eigenvalue weighted by molar-refractivity contribution is -0.170. The summed E-state index contributed by atoms with van der Waals surface area (Å²) >= 11 is 0. The van der Waals surface area contributed by atoms with Crippen molar-refractivity contribution in [1.82, 2.24) is 0 Å².